The standard InChI is InChI=1S/C21H23N5O3S2/c1-15-4-9-18-19(14-15)30-21(24-18)25-20(27)16-5-7-17(8-6-16)31(28,29)26(12-2-10-22)13-3-11-23/h5-8,15H,2-4,9,12-14H2,1H3,(H,24,25,27). The van der Waals surface area contributed by atoms with Crippen molar-refractivity contribution in [3.8, 4) is 12.1 Å². The Balaban J connectivity index is 1.72. The van der Waals surface area contributed by atoms with Gasteiger partial charge in [-0.15, -0.1) is 11.3 Å². The molecule has 8 nitrogen and oxygen atoms in total. The molecule has 2 aromatic rings. The molecule has 0 radical (unpaired) electrons. The van der Waals surface area contributed by atoms with Gasteiger partial charge in [0.25, 0.3) is 5.91 Å². The van der Waals surface area contributed by atoms with E-state index in [-0.39, 0.29) is 36.7 Å². The van der Waals surface area contributed by atoms with E-state index < -0.39 is 10.0 Å². The molecule has 3 rings (SSSR count). The Kier molecular flexibility index (Phi) is 7.39. The van der Waals surface area contributed by atoms with Gasteiger partial charge in [-0.1, -0.05) is 6.92 Å². The van der Waals surface area contributed by atoms with Crippen molar-refractivity contribution in [1.29, 1.82) is 10.5 Å². The molecular weight excluding hydrogens is 434 g/mol. The van der Waals surface area contributed by atoms with Gasteiger partial charge in [0.05, 0.1) is 22.7 Å². The first-order chi connectivity index (χ1) is 14.8. The van der Waals surface area contributed by atoms with E-state index in [2.05, 4.69) is 17.2 Å². The lowest BCUT2D eigenvalue weighted by molar-refractivity contribution is 0.102. The van der Waals surface area contributed by atoms with Crippen molar-refractivity contribution in [2.24, 2.45) is 5.92 Å². The van der Waals surface area contributed by atoms with E-state index in [1.165, 1.54) is 40.5 Å². The van der Waals surface area contributed by atoms with Crippen molar-refractivity contribution < 1.29 is 13.2 Å². The fourth-order valence-corrected chi connectivity index (χ4v) is 6.00. The zero-order valence-corrected chi connectivity index (χ0v) is 18.8. The van der Waals surface area contributed by atoms with Gasteiger partial charge in [-0.25, -0.2) is 13.4 Å². The van der Waals surface area contributed by atoms with Crippen LogP contribution in [0.3, 0.4) is 0 Å². The van der Waals surface area contributed by atoms with E-state index in [1.54, 1.807) is 0 Å². The number of hydrogen-bond acceptors (Lipinski definition) is 7. The summed E-state index contributed by atoms with van der Waals surface area (Å²) in [6, 6.07) is 9.47. The average molecular weight is 458 g/mol. The van der Waals surface area contributed by atoms with Gasteiger partial charge in [-0.3, -0.25) is 10.1 Å². The number of amides is 1. The van der Waals surface area contributed by atoms with Crippen LogP contribution in [0.25, 0.3) is 0 Å². The number of benzene rings is 1. The number of nitriles is 2. The summed E-state index contributed by atoms with van der Waals surface area (Å²) in [6.07, 6.45) is 3.05. The van der Waals surface area contributed by atoms with Gasteiger partial charge in [0.1, 0.15) is 0 Å². The predicted octanol–water partition coefficient (Wildman–Crippen LogP) is 3.34. The maximum absolute atomic E-state index is 12.9. The van der Waals surface area contributed by atoms with E-state index in [4.69, 9.17) is 10.5 Å². The monoisotopic (exact) mass is 457 g/mol. The number of fused-ring (bicyclic) bond motifs is 1. The van der Waals surface area contributed by atoms with Crippen molar-refractivity contribution in [3.05, 3.63) is 40.4 Å². The number of anilines is 1. The average Bonchev–Trinajstić information content (AvgIpc) is 3.15. The van der Waals surface area contributed by atoms with Crippen LogP contribution in [-0.4, -0.2) is 36.7 Å². The van der Waals surface area contributed by atoms with Gasteiger partial charge in [-0.05, 0) is 49.4 Å². The Labute approximate surface area is 186 Å². The van der Waals surface area contributed by atoms with Crippen molar-refractivity contribution in [2.75, 3.05) is 18.4 Å². The van der Waals surface area contributed by atoms with Gasteiger partial charge >= 0.3 is 0 Å². The maximum Gasteiger partial charge on any atom is 0.257 e. The SMILES string of the molecule is CC1CCc2nc(NC(=O)c3ccc(S(=O)(=O)N(CCC#N)CCC#N)cc3)sc2C1. The topological polar surface area (TPSA) is 127 Å². The lowest BCUT2D eigenvalue weighted by Gasteiger charge is -2.20. The third kappa shape index (κ3) is 5.47. The zero-order valence-electron chi connectivity index (χ0n) is 17.2. The molecule has 0 saturated carbocycles. The van der Waals surface area contributed by atoms with Crippen LogP contribution < -0.4 is 5.32 Å². The molecule has 0 bridgehead atoms. The summed E-state index contributed by atoms with van der Waals surface area (Å²) in [6.45, 7) is 2.23. The number of nitrogens with zero attached hydrogens (tertiary/aromatic N) is 4. The fraction of sp³-hybridized carbons (Fsp3) is 0.429. The van der Waals surface area contributed by atoms with Gasteiger partial charge in [0.2, 0.25) is 10.0 Å². The molecule has 10 heteroatoms. The highest BCUT2D eigenvalue weighted by atomic mass is 32.2. The van der Waals surface area contributed by atoms with E-state index >= 15 is 0 Å². The van der Waals surface area contributed by atoms with Gasteiger partial charge in [0.15, 0.2) is 5.13 Å². The van der Waals surface area contributed by atoms with E-state index in [0.29, 0.717) is 16.6 Å². The third-order valence-corrected chi connectivity index (χ3v) is 8.06. The maximum atomic E-state index is 12.9. The number of aryl methyl sites for hydroxylation is 1. The molecule has 1 amide bonds. The van der Waals surface area contributed by atoms with Crippen LogP contribution in [-0.2, 0) is 22.9 Å². The molecule has 1 aromatic carbocycles. The Morgan fingerprint density at radius 3 is 2.48 bits per heavy atom. The lowest BCUT2D eigenvalue weighted by atomic mass is 9.93. The van der Waals surface area contributed by atoms with Crippen LogP contribution in [0.4, 0.5) is 5.13 Å². The van der Waals surface area contributed by atoms with Gasteiger partial charge < -0.3 is 0 Å². The fourth-order valence-electron chi connectivity index (χ4n) is 3.39. The molecule has 0 saturated heterocycles. The number of rotatable bonds is 8. The minimum absolute atomic E-state index is 0.0100. The number of hydrogen-bond donors (Lipinski definition) is 1. The molecule has 1 heterocycles. The molecular formula is C21H23N5O3S2. The molecule has 0 fully saturated rings. The first-order valence-electron chi connectivity index (χ1n) is 9.99. The number of carbonyl (C=O) groups is 1. The van der Waals surface area contributed by atoms with Crippen LogP contribution in [0.1, 0.15) is 47.1 Å². The van der Waals surface area contributed by atoms with Gasteiger partial charge in [-0.2, -0.15) is 14.8 Å². The summed E-state index contributed by atoms with van der Waals surface area (Å²) < 4.78 is 26.8. The molecule has 1 unspecified atom stereocenters. The molecule has 31 heavy (non-hydrogen) atoms. The molecule has 1 atom stereocenters. The highest BCUT2D eigenvalue weighted by Crippen LogP contribution is 2.32. The first-order valence-corrected chi connectivity index (χ1v) is 12.2. The summed E-state index contributed by atoms with van der Waals surface area (Å²) in [5, 5.41) is 20.9. The minimum atomic E-state index is -3.87. The number of sulfonamides is 1. The van der Waals surface area contributed by atoms with Crippen molar-refractivity contribution in [2.45, 2.75) is 43.9 Å². The van der Waals surface area contributed by atoms with E-state index in [0.717, 1.165) is 29.3 Å². The van der Waals surface area contributed by atoms with Crippen LogP contribution in [0, 0.1) is 28.6 Å². The van der Waals surface area contributed by atoms with Crippen molar-refractivity contribution in [3.63, 3.8) is 0 Å². The molecule has 1 aliphatic carbocycles. The molecule has 162 valence electrons. The molecule has 0 aliphatic heterocycles. The Morgan fingerprint density at radius 1 is 1.23 bits per heavy atom. The normalized spacial score (nSPS) is 15.7. The van der Waals surface area contributed by atoms with Gasteiger partial charge in [0, 0.05) is 36.4 Å². The van der Waals surface area contributed by atoms with E-state index in [9.17, 15) is 13.2 Å². The second kappa shape index (κ2) is 10.0. The molecule has 1 aliphatic rings. The highest BCUT2D eigenvalue weighted by molar-refractivity contribution is 7.89. The smallest absolute Gasteiger partial charge is 0.257 e. The van der Waals surface area contributed by atoms with Crippen LogP contribution in [0.5, 0.6) is 0 Å². The second-order valence-electron chi connectivity index (χ2n) is 7.44. The summed E-state index contributed by atoms with van der Waals surface area (Å²) >= 11 is 1.49. The summed E-state index contributed by atoms with van der Waals surface area (Å²) in [7, 11) is -3.87. The summed E-state index contributed by atoms with van der Waals surface area (Å²) in [5.74, 6) is 0.265. The Hall–Kier alpha value is -2.79. The van der Waals surface area contributed by atoms with E-state index in [1.807, 2.05) is 12.1 Å². The molecule has 1 aromatic heterocycles. The zero-order chi connectivity index (χ0) is 22.4. The largest absolute Gasteiger partial charge is 0.298 e. The Bertz CT molecular complexity index is 1110. The van der Waals surface area contributed by atoms with Crippen molar-refractivity contribution >= 4 is 32.4 Å². The quantitative estimate of drug-likeness (QED) is 0.648. The first kappa shape index (κ1) is 22.9. The molecule has 1 N–H and O–H groups in total. The van der Waals surface area contributed by atoms with Crippen LogP contribution >= 0.6 is 11.3 Å². The van der Waals surface area contributed by atoms with Crippen molar-refractivity contribution in [1.82, 2.24) is 9.29 Å². The second-order valence-corrected chi connectivity index (χ2v) is 10.5. The Morgan fingerprint density at radius 2 is 1.87 bits per heavy atom. The van der Waals surface area contributed by atoms with Crippen LogP contribution in [0.2, 0.25) is 0 Å². The number of aromatic nitrogens is 1. The summed E-state index contributed by atoms with van der Waals surface area (Å²) in [4.78, 5) is 18.3. The van der Waals surface area contributed by atoms with Crippen LogP contribution in [0.15, 0.2) is 29.2 Å². The summed E-state index contributed by atoms with van der Waals surface area (Å²) in [5.41, 5.74) is 1.37. The highest BCUT2D eigenvalue weighted by Gasteiger charge is 2.25. The number of carbonyl (C=O) groups excluding carboxylic acids is 1. The third-order valence-electron chi connectivity index (χ3n) is 5.11. The predicted molar refractivity (Wildman–Crippen MR) is 117 cm³/mol. The molecule has 0 spiro atoms. The lowest BCUT2D eigenvalue weighted by Crippen LogP contribution is -2.32. The number of thiazole rings is 1. The number of nitrogens with one attached hydrogen (secondary N) is 1. The minimum Gasteiger partial charge on any atom is -0.298 e.